The molecule has 2 aliphatic rings. The molecule has 36 heavy (non-hydrogen) atoms. The Bertz CT molecular complexity index is 1080. The molecule has 1 fully saturated rings. The molecule has 9 nitrogen and oxygen atoms in total. The number of nitrogens with zero attached hydrogens (tertiary/aromatic N) is 4. The Morgan fingerprint density at radius 3 is 2.53 bits per heavy atom. The van der Waals surface area contributed by atoms with Crippen molar-refractivity contribution in [2.24, 2.45) is 11.8 Å². The second-order valence-corrected chi connectivity index (χ2v) is 10.4. The zero-order chi connectivity index (χ0) is 25.8. The van der Waals surface area contributed by atoms with Gasteiger partial charge in [-0.15, -0.1) is 0 Å². The van der Waals surface area contributed by atoms with Crippen LogP contribution in [0.25, 0.3) is 0 Å². The molecular formula is C27H37N5O4. The zero-order valence-electron chi connectivity index (χ0n) is 21.4. The molecule has 0 spiro atoms. The van der Waals surface area contributed by atoms with Crippen molar-refractivity contribution in [3.8, 4) is 5.88 Å². The number of amides is 1. The van der Waals surface area contributed by atoms with E-state index in [0.717, 1.165) is 44.3 Å². The van der Waals surface area contributed by atoms with E-state index >= 15 is 0 Å². The first-order valence-electron chi connectivity index (χ1n) is 12.9. The average molecular weight is 496 g/mol. The monoisotopic (exact) mass is 495 g/mol. The lowest BCUT2D eigenvalue weighted by molar-refractivity contribution is -0.138. The number of aromatic nitrogens is 2. The number of carboxylic acids is 1. The molecule has 0 bridgehead atoms. The summed E-state index contributed by atoms with van der Waals surface area (Å²) in [6.45, 7) is 5.79. The molecule has 0 saturated heterocycles. The number of anilines is 3. The normalized spacial score (nSPS) is 20.0. The number of carboxylic acid groups (broad SMARTS) is 1. The van der Waals surface area contributed by atoms with Crippen LogP contribution in [0.15, 0.2) is 24.3 Å². The van der Waals surface area contributed by atoms with Gasteiger partial charge in [0.05, 0.1) is 6.54 Å². The van der Waals surface area contributed by atoms with Crippen molar-refractivity contribution in [2.45, 2.75) is 58.3 Å². The predicted molar refractivity (Wildman–Crippen MR) is 140 cm³/mol. The first kappa shape index (κ1) is 25.7. The van der Waals surface area contributed by atoms with Crippen molar-refractivity contribution in [3.63, 3.8) is 0 Å². The van der Waals surface area contributed by atoms with E-state index in [0.29, 0.717) is 30.9 Å². The van der Waals surface area contributed by atoms with Crippen molar-refractivity contribution in [2.75, 3.05) is 42.3 Å². The van der Waals surface area contributed by atoms with E-state index in [1.54, 1.807) is 4.90 Å². The lowest BCUT2D eigenvalue weighted by Gasteiger charge is -2.28. The van der Waals surface area contributed by atoms with Gasteiger partial charge in [-0.1, -0.05) is 26.0 Å². The molecule has 194 valence electrons. The average Bonchev–Trinajstić information content (AvgIpc) is 3.01. The third-order valence-electron chi connectivity index (χ3n) is 7.27. The predicted octanol–water partition coefficient (Wildman–Crippen LogP) is 4.33. The van der Waals surface area contributed by atoms with Gasteiger partial charge >= 0.3 is 5.97 Å². The Labute approximate surface area is 212 Å². The fourth-order valence-electron chi connectivity index (χ4n) is 5.06. The molecule has 3 N–H and O–H groups in total. The molecule has 9 heteroatoms. The van der Waals surface area contributed by atoms with Crippen molar-refractivity contribution >= 4 is 29.3 Å². The van der Waals surface area contributed by atoms with Crippen LogP contribution < -0.4 is 20.3 Å². The summed E-state index contributed by atoms with van der Waals surface area (Å²) in [6.07, 6.45) is 5.10. The minimum absolute atomic E-state index is 0.123. The van der Waals surface area contributed by atoms with Gasteiger partial charge in [-0.05, 0) is 67.6 Å². The highest BCUT2D eigenvalue weighted by molar-refractivity contribution is 6.10. The maximum absolute atomic E-state index is 13.5. The van der Waals surface area contributed by atoms with E-state index in [4.69, 9.17) is 15.6 Å². The first-order valence-corrected chi connectivity index (χ1v) is 12.9. The lowest BCUT2D eigenvalue weighted by atomic mass is 9.77. The molecule has 1 amide bonds. The molecule has 1 aliphatic carbocycles. The molecule has 2 heterocycles. The quantitative estimate of drug-likeness (QED) is 0.555. The van der Waals surface area contributed by atoms with Crippen LogP contribution in [-0.2, 0) is 4.79 Å². The maximum atomic E-state index is 13.5. The number of hydrogen-bond acceptors (Lipinski definition) is 7. The zero-order valence-corrected chi connectivity index (χ0v) is 21.4. The first-order chi connectivity index (χ1) is 17.2. The Morgan fingerprint density at radius 2 is 1.89 bits per heavy atom. The van der Waals surface area contributed by atoms with Crippen LogP contribution >= 0.6 is 0 Å². The fourth-order valence-corrected chi connectivity index (χ4v) is 5.06. The third kappa shape index (κ3) is 5.88. The number of fused-ring (bicyclic) bond motifs is 1. The molecule has 2 aromatic rings. The molecule has 1 aromatic heterocycles. The van der Waals surface area contributed by atoms with Crippen molar-refractivity contribution < 1.29 is 19.4 Å². The van der Waals surface area contributed by atoms with Gasteiger partial charge in [0.1, 0.15) is 18.0 Å². The van der Waals surface area contributed by atoms with Crippen LogP contribution in [0.1, 0.15) is 74.2 Å². The van der Waals surface area contributed by atoms with Crippen molar-refractivity contribution in [1.82, 2.24) is 9.97 Å². The largest absolute Gasteiger partial charge is 0.481 e. The summed E-state index contributed by atoms with van der Waals surface area (Å²) in [5.74, 6) is 1.08. The Morgan fingerprint density at radius 1 is 1.19 bits per heavy atom. The van der Waals surface area contributed by atoms with Crippen LogP contribution in [-0.4, -0.2) is 53.7 Å². The minimum atomic E-state index is -0.712. The minimum Gasteiger partial charge on any atom is -0.481 e. The summed E-state index contributed by atoms with van der Waals surface area (Å²) in [4.78, 5) is 37.0. The molecule has 1 aliphatic heterocycles. The Hall–Kier alpha value is -3.36. The van der Waals surface area contributed by atoms with Crippen molar-refractivity contribution in [1.29, 1.82) is 0 Å². The van der Waals surface area contributed by atoms with Gasteiger partial charge < -0.3 is 25.4 Å². The van der Waals surface area contributed by atoms with Crippen LogP contribution in [0, 0.1) is 11.8 Å². The molecule has 0 radical (unpaired) electrons. The summed E-state index contributed by atoms with van der Waals surface area (Å²) in [5, 5.41) is 9.04. The van der Waals surface area contributed by atoms with Crippen molar-refractivity contribution in [3.05, 3.63) is 35.4 Å². The van der Waals surface area contributed by atoms with E-state index in [9.17, 15) is 9.59 Å². The highest BCUT2D eigenvalue weighted by Crippen LogP contribution is 2.38. The Balaban J connectivity index is 1.47. The number of ether oxygens (including phenoxy) is 1. The summed E-state index contributed by atoms with van der Waals surface area (Å²) >= 11 is 0. The van der Waals surface area contributed by atoms with Gasteiger partial charge in [0.15, 0.2) is 0 Å². The summed E-state index contributed by atoms with van der Waals surface area (Å²) in [7, 11) is 1.91. The Kier molecular flexibility index (Phi) is 7.96. The van der Waals surface area contributed by atoms with Gasteiger partial charge in [0.2, 0.25) is 11.8 Å². The topological polar surface area (TPSA) is 122 Å². The number of rotatable bonds is 8. The summed E-state index contributed by atoms with van der Waals surface area (Å²) in [6, 6.07) is 8.08. The van der Waals surface area contributed by atoms with E-state index in [1.165, 1.54) is 5.56 Å². The highest BCUT2D eigenvalue weighted by Gasteiger charge is 2.31. The van der Waals surface area contributed by atoms with E-state index in [-0.39, 0.29) is 35.5 Å². The van der Waals surface area contributed by atoms with Gasteiger partial charge in [-0.3, -0.25) is 9.59 Å². The highest BCUT2D eigenvalue weighted by atomic mass is 16.5. The number of nitrogen functional groups attached to an aromatic ring is 1. The van der Waals surface area contributed by atoms with Gasteiger partial charge in [-0.2, -0.15) is 9.97 Å². The van der Waals surface area contributed by atoms with Gasteiger partial charge in [-0.25, -0.2) is 0 Å². The summed E-state index contributed by atoms with van der Waals surface area (Å²) < 4.78 is 5.86. The SMILES string of the molecule is CC(C)CCN(C)c1nc(N)c2c(n1)OCCN(c1ccc(C3CCC(CC(=O)O)CC3)cc1)C2=O. The fraction of sp³-hybridized carbons (Fsp3) is 0.556. The third-order valence-corrected chi connectivity index (χ3v) is 7.27. The molecule has 0 atom stereocenters. The van der Waals surface area contributed by atoms with Gasteiger partial charge in [0, 0.05) is 25.7 Å². The lowest BCUT2D eigenvalue weighted by Crippen LogP contribution is -2.33. The second kappa shape index (κ2) is 11.1. The second-order valence-electron chi connectivity index (χ2n) is 10.4. The van der Waals surface area contributed by atoms with E-state index in [1.807, 2.05) is 24.1 Å². The number of hydrogen-bond donors (Lipinski definition) is 2. The van der Waals surface area contributed by atoms with Crippen LogP contribution in [0.2, 0.25) is 0 Å². The number of carbonyl (C=O) groups excluding carboxylic acids is 1. The number of nitrogens with two attached hydrogens (primary N) is 1. The standard InChI is InChI=1S/C27H37N5O4/c1-17(2)12-13-31(3)27-29-24(28)23-25(30-27)36-15-14-32(26(23)35)21-10-8-20(9-11-21)19-6-4-18(5-7-19)16-22(33)34/h8-11,17-19H,4-7,12-16H2,1-3H3,(H,33,34)(H2,28,29,30). The number of aliphatic carboxylic acids is 1. The van der Waals surface area contributed by atoms with Gasteiger partial charge in [0.25, 0.3) is 5.91 Å². The molecular weight excluding hydrogens is 458 g/mol. The summed E-state index contributed by atoms with van der Waals surface area (Å²) in [5.41, 5.74) is 8.46. The van der Waals surface area contributed by atoms with E-state index < -0.39 is 5.97 Å². The van der Waals surface area contributed by atoms with Crippen LogP contribution in [0.5, 0.6) is 5.88 Å². The smallest absolute Gasteiger partial charge is 0.303 e. The van der Waals surface area contributed by atoms with Crippen LogP contribution in [0.4, 0.5) is 17.5 Å². The van der Waals surface area contributed by atoms with E-state index in [2.05, 4.69) is 35.9 Å². The molecule has 1 aromatic carbocycles. The number of benzene rings is 1. The maximum Gasteiger partial charge on any atom is 0.303 e. The molecule has 1 saturated carbocycles. The number of carbonyl (C=O) groups is 2. The molecule has 0 unspecified atom stereocenters. The van der Waals surface area contributed by atoms with Crippen LogP contribution in [0.3, 0.4) is 0 Å². The molecule has 4 rings (SSSR count).